The lowest BCUT2D eigenvalue weighted by atomic mass is 9.81. The van der Waals surface area contributed by atoms with Crippen LogP contribution in [-0.4, -0.2) is 24.4 Å². The van der Waals surface area contributed by atoms with Gasteiger partial charge in [0.15, 0.2) is 0 Å². The fraction of sp³-hybridized carbons (Fsp3) is 0.600. The number of ether oxygens (including phenoxy) is 1. The highest BCUT2D eigenvalue weighted by atomic mass is 16.5. The fourth-order valence-electron chi connectivity index (χ4n) is 2.54. The van der Waals surface area contributed by atoms with Crippen molar-refractivity contribution < 1.29 is 9.84 Å². The Morgan fingerprint density at radius 3 is 2.88 bits per heavy atom. The molecule has 1 N–H and O–H groups in total. The van der Waals surface area contributed by atoms with Crippen molar-refractivity contribution in [3.05, 3.63) is 35.4 Å². The number of aliphatic hydroxyl groups is 1. The van der Waals surface area contributed by atoms with Crippen LogP contribution >= 0.6 is 0 Å². The molecule has 0 aliphatic heterocycles. The molecule has 2 rings (SSSR count). The van der Waals surface area contributed by atoms with Gasteiger partial charge in [0.05, 0.1) is 12.7 Å². The van der Waals surface area contributed by atoms with Crippen LogP contribution in [0.25, 0.3) is 0 Å². The average molecular weight is 234 g/mol. The molecule has 2 heteroatoms. The topological polar surface area (TPSA) is 29.5 Å². The van der Waals surface area contributed by atoms with Crippen LogP contribution in [0.3, 0.4) is 0 Å². The lowest BCUT2D eigenvalue weighted by Crippen LogP contribution is -2.30. The minimum atomic E-state index is -0.310. The zero-order valence-corrected chi connectivity index (χ0v) is 10.6. The summed E-state index contributed by atoms with van der Waals surface area (Å²) in [6.45, 7) is 3.32. The van der Waals surface area contributed by atoms with Crippen molar-refractivity contribution in [2.24, 2.45) is 5.92 Å². The third-order valence-electron chi connectivity index (χ3n) is 3.57. The van der Waals surface area contributed by atoms with Gasteiger partial charge in [-0.15, -0.1) is 0 Å². The molecule has 1 aliphatic carbocycles. The van der Waals surface area contributed by atoms with E-state index in [2.05, 4.69) is 31.2 Å². The van der Waals surface area contributed by atoms with E-state index in [9.17, 15) is 5.11 Å². The maximum atomic E-state index is 10.1. The second kappa shape index (κ2) is 6.18. The Bertz CT molecular complexity index is 349. The van der Waals surface area contributed by atoms with Crippen LogP contribution in [0.5, 0.6) is 0 Å². The molecule has 0 amide bonds. The second-order valence-corrected chi connectivity index (χ2v) is 4.91. The van der Waals surface area contributed by atoms with E-state index in [-0.39, 0.29) is 6.10 Å². The molecule has 0 saturated heterocycles. The Balaban J connectivity index is 1.88. The molecule has 0 aromatic heterocycles. The van der Waals surface area contributed by atoms with Crippen molar-refractivity contribution in [3.63, 3.8) is 0 Å². The number of hydrogen-bond acceptors (Lipinski definition) is 2. The van der Waals surface area contributed by atoms with Gasteiger partial charge in [-0.25, -0.2) is 0 Å². The average Bonchev–Trinajstić information content (AvgIpc) is 2.38. The highest BCUT2D eigenvalue weighted by molar-refractivity contribution is 5.29. The van der Waals surface area contributed by atoms with Crippen LogP contribution in [0.15, 0.2) is 24.3 Å². The van der Waals surface area contributed by atoms with Gasteiger partial charge in [0.1, 0.15) is 0 Å². The summed E-state index contributed by atoms with van der Waals surface area (Å²) >= 11 is 0. The molecule has 1 aromatic rings. The highest BCUT2D eigenvalue weighted by Crippen LogP contribution is 2.27. The number of hydrogen-bond donors (Lipinski definition) is 1. The van der Waals surface area contributed by atoms with Gasteiger partial charge in [0.2, 0.25) is 0 Å². The third kappa shape index (κ3) is 3.30. The predicted octanol–water partition coefficient (Wildman–Crippen LogP) is 2.58. The number of aliphatic hydroxyl groups excluding tert-OH is 1. The predicted molar refractivity (Wildman–Crippen MR) is 69.1 cm³/mol. The maximum absolute atomic E-state index is 10.1. The third-order valence-corrected chi connectivity index (χ3v) is 3.57. The summed E-state index contributed by atoms with van der Waals surface area (Å²) < 4.78 is 5.44. The molecular formula is C15H22O2. The number of rotatable bonds is 5. The van der Waals surface area contributed by atoms with Crippen LogP contribution in [0.2, 0.25) is 0 Å². The van der Waals surface area contributed by atoms with E-state index in [4.69, 9.17) is 4.74 Å². The van der Waals surface area contributed by atoms with E-state index in [1.165, 1.54) is 11.1 Å². The molecule has 2 unspecified atom stereocenters. The summed E-state index contributed by atoms with van der Waals surface area (Å²) in [4.78, 5) is 0. The fourth-order valence-corrected chi connectivity index (χ4v) is 2.54. The first-order valence-corrected chi connectivity index (χ1v) is 6.64. The monoisotopic (exact) mass is 234 g/mol. The van der Waals surface area contributed by atoms with E-state index in [0.717, 1.165) is 32.3 Å². The van der Waals surface area contributed by atoms with Crippen LogP contribution < -0.4 is 0 Å². The van der Waals surface area contributed by atoms with Crippen LogP contribution in [0.1, 0.15) is 30.9 Å². The van der Waals surface area contributed by atoms with E-state index in [1.807, 2.05) is 0 Å². The summed E-state index contributed by atoms with van der Waals surface area (Å²) in [5.41, 5.74) is 2.85. The Morgan fingerprint density at radius 1 is 1.35 bits per heavy atom. The minimum absolute atomic E-state index is 0.310. The Kier molecular flexibility index (Phi) is 4.57. The number of fused-ring (bicyclic) bond motifs is 1. The van der Waals surface area contributed by atoms with E-state index in [1.54, 1.807) is 0 Å². The molecule has 0 radical (unpaired) electrons. The van der Waals surface area contributed by atoms with Crippen molar-refractivity contribution in [3.8, 4) is 0 Å². The Labute approximate surface area is 104 Å². The van der Waals surface area contributed by atoms with Gasteiger partial charge >= 0.3 is 0 Å². The summed E-state index contributed by atoms with van der Waals surface area (Å²) in [6.07, 6.45) is 3.86. The largest absolute Gasteiger partial charge is 0.390 e. The normalized spacial score (nSPS) is 20.9. The summed E-state index contributed by atoms with van der Waals surface area (Å²) in [5, 5.41) is 10.1. The Hall–Kier alpha value is -0.860. The molecular weight excluding hydrogens is 212 g/mol. The Morgan fingerprint density at radius 2 is 2.12 bits per heavy atom. The van der Waals surface area contributed by atoms with Crippen LogP contribution in [0.4, 0.5) is 0 Å². The molecule has 17 heavy (non-hydrogen) atoms. The standard InChI is InChI=1S/C15H22O2/c1-2-9-17-11-15(16)14-8-7-12-5-3-4-6-13(12)10-14/h3-6,14-16H,2,7-11H2,1H3. The lowest BCUT2D eigenvalue weighted by Gasteiger charge is -2.28. The van der Waals surface area contributed by atoms with Crippen molar-refractivity contribution in [1.29, 1.82) is 0 Å². The first-order valence-electron chi connectivity index (χ1n) is 6.64. The molecule has 2 nitrogen and oxygen atoms in total. The van der Waals surface area contributed by atoms with Gasteiger partial charge in [0.25, 0.3) is 0 Å². The molecule has 0 fully saturated rings. The number of benzene rings is 1. The van der Waals surface area contributed by atoms with Gasteiger partial charge in [-0.3, -0.25) is 0 Å². The summed E-state index contributed by atoms with van der Waals surface area (Å²) in [7, 11) is 0. The molecule has 2 atom stereocenters. The van der Waals surface area contributed by atoms with E-state index < -0.39 is 0 Å². The lowest BCUT2D eigenvalue weighted by molar-refractivity contribution is 0.00143. The number of aryl methyl sites for hydroxylation is 1. The minimum Gasteiger partial charge on any atom is -0.390 e. The maximum Gasteiger partial charge on any atom is 0.0805 e. The molecule has 0 spiro atoms. The smallest absolute Gasteiger partial charge is 0.0805 e. The quantitative estimate of drug-likeness (QED) is 0.793. The van der Waals surface area contributed by atoms with E-state index in [0.29, 0.717) is 12.5 Å². The molecule has 0 heterocycles. The SMILES string of the molecule is CCCOCC(O)C1CCc2ccccc2C1. The van der Waals surface area contributed by atoms with Crippen LogP contribution in [-0.2, 0) is 17.6 Å². The zero-order chi connectivity index (χ0) is 12.1. The van der Waals surface area contributed by atoms with Crippen molar-refractivity contribution in [2.45, 2.75) is 38.7 Å². The van der Waals surface area contributed by atoms with E-state index >= 15 is 0 Å². The molecule has 0 bridgehead atoms. The van der Waals surface area contributed by atoms with Gasteiger partial charge in [0, 0.05) is 6.61 Å². The van der Waals surface area contributed by atoms with Crippen LogP contribution in [0, 0.1) is 5.92 Å². The summed E-state index contributed by atoms with van der Waals surface area (Å²) in [5.74, 6) is 0.363. The van der Waals surface area contributed by atoms with Crippen molar-refractivity contribution in [2.75, 3.05) is 13.2 Å². The second-order valence-electron chi connectivity index (χ2n) is 4.91. The molecule has 1 aromatic carbocycles. The van der Waals surface area contributed by atoms with Crippen molar-refractivity contribution >= 4 is 0 Å². The summed E-state index contributed by atoms with van der Waals surface area (Å²) in [6, 6.07) is 8.56. The molecule has 94 valence electrons. The highest BCUT2D eigenvalue weighted by Gasteiger charge is 2.24. The molecule has 0 saturated carbocycles. The van der Waals surface area contributed by atoms with Gasteiger partial charge in [-0.05, 0) is 42.7 Å². The van der Waals surface area contributed by atoms with Crippen molar-refractivity contribution in [1.82, 2.24) is 0 Å². The zero-order valence-electron chi connectivity index (χ0n) is 10.6. The van der Waals surface area contributed by atoms with Gasteiger partial charge in [-0.2, -0.15) is 0 Å². The van der Waals surface area contributed by atoms with Gasteiger partial charge in [-0.1, -0.05) is 31.2 Å². The first kappa shape index (κ1) is 12.6. The first-order chi connectivity index (χ1) is 8.31. The molecule has 1 aliphatic rings. The van der Waals surface area contributed by atoms with Gasteiger partial charge < -0.3 is 9.84 Å².